The van der Waals surface area contributed by atoms with Crippen LogP contribution in [0.3, 0.4) is 0 Å². The summed E-state index contributed by atoms with van der Waals surface area (Å²) >= 11 is 0. The Hall–Kier alpha value is -2.16. The molecular formula is C13H11NO2. The molecule has 3 nitrogen and oxygen atoms in total. The maximum atomic E-state index is 10.6. The summed E-state index contributed by atoms with van der Waals surface area (Å²) in [5, 5.41) is 9.68. The molecule has 3 heteroatoms. The van der Waals surface area contributed by atoms with Crippen LogP contribution in [0.2, 0.25) is 0 Å². The fourth-order valence-corrected chi connectivity index (χ4v) is 1.59. The monoisotopic (exact) mass is 213 g/mol. The average molecular weight is 213 g/mol. The van der Waals surface area contributed by atoms with Crippen LogP contribution < -0.4 is 0 Å². The molecule has 0 saturated heterocycles. The number of rotatable bonds is 2. The number of nitrogens with zero attached hydrogens (tertiary/aromatic N) is 1. The van der Waals surface area contributed by atoms with Gasteiger partial charge in [0.05, 0.1) is 5.52 Å². The van der Waals surface area contributed by atoms with Crippen LogP contribution in [0.25, 0.3) is 16.5 Å². The van der Waals surface area contributed by atoms with Gasteiger partial charge in [-0.05, 0) is 36.3 Å². The lowest BCUT2D eigenvalue weighted by molar-refractivity contribution is -0.131. The van der Waals surface area contributed by atoms with E-state index in [0.717, 1.165) is 22.0 Å². The summed E-state index contributed by atoms with van der Waals surface area (Å²) in [7, 11) is 0. The third-order valence-corrected chi connectivity index (χ3v) is 2.40. The Bertz CT molecular complexity index is 573. The van der Waals surface area contributed by atoms with Crippen LogP contribution in [0.1, 0.15) is 12.5 Å². The summed E-state index contributed by atoms with van der Waals surface area (Å²) in [6.07, 6.45) is 2.94. The van der Waals surface area contributed by atoms with E-state index in [1.807, 2.05) is 30.3 Å². The minimum absolute atomic E-state index is 0.734. The van der Waals surface area contributed by atoms with Crippen molar-refractivity contribution >= 4 is 22.4 Å². The zero-order chi connectivity index (χ0) is 11.5. The van der Waals surface area contributed by atoms with Gasteiger partial charge in [-0.15, -0.1) is 0 Å². The number of carbonyl (C=O) groups is 1. The van der Waals surface area contributed by atoms with Gasteiger partial charge in [0.25, 0.3) is 0 Å². The van der Waals surface area contributed by atoms with Gasteiger partial charge in [0, 0.05) is 17.7 Å². The van der Waals surface area contributed by atoms with Crippen LogP contribution >= 0.6 is 0 Å². The highest BCUT2D eigenvalue weighted by atomic mass is 16.4. The molecule has 0 aliphatic heterocycles. The number of aromatic nitrogens is 1. The van der Waals surface area contributed by atoms with Gasteiger partial charge in [0.15, 0.2) is 0 Å². The molecule has 2 aromatic rings. The van der Waals surface area contributed by atoms with Gasteiger partial charge in [-0.1, -0.05) is 12.1 Å². The first-order chi connectivity index (χ1) is 7.66. The molecule has 0 saturated carbocycles. The Morgan fingerprint density at radius 2 is 2.19 bits per heavy atom. The van der Waals surface area contributed by atoms with E-state index in [4.69, 9.17) is 5.11 Å². The Balaban J connectivity index is 2.51. The van der Waals surface area contributed by atoms with E-state index in [0.29, 0.717) is 0 Å². The molecule has 1 heterocycles. The number of hydrogen-bond acceptors (Lipinski definition) is 2. The standard InChI is InChI=1S/C13H11NO2/c1-9(7-13(15)16)10-4-5-12-11(8-10)3-2-6-14-12/h2-8H,1H3,(H,15,16)/b9-7+. The zero-order valence-corrected chi connectivity index (χ0v) is 8.84. The number of carboxylic acids is 1. The quantitative estimate of drug-likeness (QED) is 0.780. The SMILES string of the molecule is C/C(=C\C(=O)O)c1ccc2ncccc2c1. The van der Waals surface area contributed by atoms with Crippen molar-refractivity contribution in [3.8, 4) is 0 Å². The zero-order valence-electron chi connectivity index (χ0n) is 8.84. The van der Waals surface area contributed by atoms with Crippen LogP contribution in [-0.4, -0.2) is 16.1 Å². The molecule has 2 rings (SSSR count). The molecule has 0 aliphatic rings. The fraction of sp³-hybridized carbons (Fsp3) is 0.0769. The molecule has 1 aromatic carbocycles. The molecule has 1 aromatic heterocycles. The van der Waals surface area contributed by atoms with Crippen LogP contribution in [0.5, 0.6) is 0 Å². The molecule has 16 heavy (non-hydrogen) atoms. The highest BCUT2D eigenvalue weighted by molar-refractivity contribution is 5.91. The maximum absolute atomic E-state index is 10.6. The van der Waals surface area contributed by atoms with E-state index >= 15 is 0 Å². The second-order valence-electron chi connectivity index (χ2n) is 3.58. The lowest BCUT2D eigenvalue weighted by Gasteiger charge is -2.02. The van der Waals surface area contributed by atoms with Crippen molar-refractivity contribution in [2.75, 3.05) is 0 Å². The van der Waals surface area contributed by atoms with E-state index in [1.54, 1.807) is 13.1 Å². The van der Waals surface area contributed by atoms with Crippen LogP contribution in [0.15, 0.2) is 42.6 Å². The molecule has 0 spiro atoms. The van der Waals surface area contributed by atoms with Crippen molar-refractivity contribution in [1.82, 2.24) is 4.98 Å². The van der Waals surface area contributed by atoms with E-state index < -0.39 is 5.97 Å². The Kier molecular flexibility index (Phi) is 2.68. The summed E-state index contributed by atoms with van der Waals surface area (Å²) in [6, 6.07) is 9.54. The van der Waals surface area contributed by atoms with Crippen LogP contribution in [0.4, 0.5) is 0 Å². The van der Waals surface area contributed by atoms with E-state index in [-0.39, 0.29) is 0 Å². The number of carboxylic acid groups (broad SMARTS) is 1. The van der Waals surface area contributed by atoms with Gasteiger partial charge in [0.2, 0.25) is 0 Å². The number of hydrogen-bond donors (Lipinski definition) is 1. The lowest BCUT2D eigenvalue weighted by atomic mass is 10.0. The van der Waals surface area contributed by atoms with Crippen LogP contribution in [0, 0.1) is 0 Å². The van der Waals surface area contributed by atoms with Crippen LogP contribution in [-0.2, 0) is 4.79 Å². The molecule has 0 atom stereocenters. The molecule has 80 valence electrons. The summed E-state index contributed by atoms with van der Waals surface area (Å²) in [6.45, 7) is 1.78. The fourth-order valence-electron chi connectivity index (χ4n) is 1.59. The second-order valence-corrected chi connectivity index (χ2v) is 3.58. The van der Waals surface area contributed by atoms with Gasteiger partial charge >= 0.3 is 5.97 Å². The molecule has 0 unspecified atom stereocenters. The van der Waals surface area contributed by atoms with Crippen molar-refractivity contribution < 1.29 is 9.90 Å². The van der Waals surface area contributed by atoms with Crippen molar-refractivity contribution in [3.05, 3.63) is 48.2 Å². The molecule has 0 bridgehead atoms. The molecule has 0 radical (unpaired) electrons. The number of benzene rings is 1. The third-order valence-electron chi connectivity index (χ3n) is 2.40. The second kappa shape index (κ2) is 4.14. The van der Waals surface area contributed by atoms with Gasteiger partial charge < -0.3 is 5.11 Å². The Labute approximate surface area is 93.1 Å². The highest BCUT2D eigenvalue weighted by Crippen LogP contribution is 2.19. The summed E-state index contributed by atoms with van der Waals surface area (Å²) in [5.41, 5.74) is 2.55. The van der Waals surface area contributed by atoms with E-state index in [1.165, 1.54) is 6.08 Å². The first kappa shape index (κ1) is 10.4. The summed E-state index contributed by atoms with van der Waals surface area (Å²) in [5.74, 6) is -0.927. The topological polar surface area (TPSA) is 50.2 Å². The molecule has 0 amide bonds. The highest BCUT2D eigenvalue weighted by Gasteiger charge is 2.00. The van der Waals surface area contributed by atoms with Crippen molar-refractivity contribution in [1.29, 1.82) is 0 Å². The predicted molar refractivity (Wildman–Crippen MR) is 63.0 cm³/mol. The maximum Gasteiger partial charge on any atom is 0.328 e. The molecular weight excluding hydrogens is 202 g/mol. The smallest absolute Gasteiger partial charge is 0.328 e. The van der Waals surface area contributed by atoms with Crippen molar-refractivity contribution in [2.45, 2.75) is 6.92 Å². The van der Waals surface area contributed by atoms with Gasteiger partial charge in [0.1, 0.15) is 0 Å². The largest absolute Gasteiger partial charge is 0.478 e. The number of fused-ring (bicyclic) bond motifs is 1. The molecule has 1 N–H and O–H groups in total. The first-order valence-electron chi connectivity index (χ1n) is 4.93. The molecule has 0 aliphatic carbocycles. The number of aliphatic carboxylic acids is 1. The van der Waals surface area contributed by atoms with Gasteiger partial charge in [-0.3, -0.25) is 4.98 Å². The Morgan fingerprint density at radius 3 is 2.94 bits per heavy atom. The van der Waals surface area contributed by atoms with Crippen molar-refractivity contribution in [2.24, 2.45) is 0 Å². The minimum Gasteiger partial charge on any atom is -0.478 e. The first-order valence-corrected chi connectivity index (χ1v) is 4.93. The summed E-state index contributed by atoms with van der Waals surface area (Å²) < 4.78 is 0. The number of allylic oxidation sites excluding steroid dienone is 1. The number of pyridine rings is 1. The van der Waals surface area contributed by atoms with Crippen molar-refractivity contribution in [3.63, 3.8) is 0 Å². The van der Waals surface area contributed by atoms with E-state index in [9.17, 15) is 4.79 Å². The normalized spacial score (nSPS) is 11.7. The van der Waals surface area contributed by atoms with Gasteiger partial charge in [-0.2, -0.15) is 0 Å². The van der Waals surface area contributed by atoms with E-state index in [2.05, 4.69) is 4.98 Å². The lowest BCUT2D eigenvalue weighted by Crippen LogP contribution is -1.90. The molecule has 0 fully saturated rings. The summed E-state index contributed by atoms with van der Waals surface area (Å²) in [4.78, 5) is 14.8. The Morgan fingerprint density at radius 1 is 1.38 bits per heavy atom. The average Bonchev–Trinajstić information content (AvgIpc) is 2.27. The van der Waals surface area contributed by atoms with Gasteiger partial charge in [-0.25, -0.2) is 4.79 Å². The minimum atomic E-state index is -0.927. The third kappa shape index (κ3) is 2.08. The predicted octanol–water partition coefficient (Wildman–Crippen LogP) is 2.72.